The van der Waals surface area contributed by atoms with Crippen LogP contribution in [0.1, 0.15) is 20.3 Å². The van der Waals surface area contributed by atoms with Crippen LogP contribution < -0.4 is 11.1 Å². The molecule has 10 heavy (non-hydrogen) atoms. The Morgan fingerprint density at radius 2 is 1.70 bits per heavy atom. The maximum atomic E-state index is 9.48. The molecule has 0 aromatic rings. The van der Waals surface area contributed by atoms with Gasteiger partial charge in [-0.1, -0.05) is 13.8 Å². The van der Waals surface area contributed by atoms with Gasteiger partial charge in [0.05, 0.1) is 0 Å². The number of carbonyl (C=O) groups is 1. The quantitative estimate of drug-likeness (QED) is 0.522. The zero-order valence-electron chi connectivity index (χ0n) is 6.85. The van der Waals surface area contributed by atoms with Crippen LogP contribution in [0.2, 0.25) is 0 Å². The van der Waals surface area contributed by atoms with Crippen molar-refractivity contribution in [2.75, 3.05) is 7.05 Å². The molecule has 60 valence electrons. The van der Waals surface area contributed by atoms with Crippen molar-refractivity contribution < 1.29 is 4.79 Å². The van der Waals surface area contributed by atoms with Crippen LogP contribution in [0.3, 0.4) is 0 Å². The summed E-state index contributed by atoms with van der Waals surface area (Å²) in [5.74, 6) is 2.10. The topological polar surface area (TPSA) is 55.1 Å². The van der Waals surface area contributed by atoms with E-state index in [4.69, 9.17) is 0 Å². The van der Waals surface area contributed by atoms with E-state index in [1.54, 1.807) is 0 Å². The van der Waals surface area contributed by atoms with E-state index in [1.165, 1.54) is 13.5 Å². The largest absolute Gasteiger partial charge is 0.352 e. The Morgan fingerprint density at radius 1 is 1.50 bits per heavy atom. The van der Waals surface area contributed by atoms with E-state index in [-0.39, 0.29) is 0 Å². The normalized spacial score (nSPS) is 27.9. The number of nitrogens with one attached hydrogen (secondary N) is 1. The minimum Gasteiger partial charge on any atom is -0.352 e. The minimum atomic E-state index is -0.495. The van der Waals surface area contributed by atoms with Crippen LogP contribution in [0.5, 0.6) is 0 Å². The van der Waals surface area contributed by atoms with E-state index in [0.29, 0.717) is 0 Å². The van der Waals surface area contributed by atoms with Gasteiger partial charge in [-0.25, -0.2) is 4.79 Å². The van der Waals surface area contributed by atoms with Crippen molar-refractivity contribution in [3.63, 3.8) is 0 Å². The van der Waals surface area contributed by atoms with E-state index >= 15 is 0 Å². The molecule has 2 atom stereocenters. The smallest absolute Gasteiger partial charge is 0.311 e. The van der Waals surface area contributed by atoms with E-state index in [9.17, 15) is 4.79 Å². The van der Waals surface area contributed by atoms with Crippen molar-refractivity contribution in [1.82, 2.24) is 5.32 Å². The molecular weight excluding hydrogens is 128 g/mol. The van der Waals surface area contributed by atoms with Crippen molar-refractivity contribution >= 4 is 6.03 Å². The lowest BCUT2D eigenvalue weighted by Crippen LogP contribution is -2.24. The van der Waals surface area contributed by atoms with Gasteiger partial charge in [-0.05, 0) is 18.3 Å². The molecule has 0 aromatic carbocycles. The summed E-state index contributed by atoms with van der Waals surface area (Å²) < 4.78 is 0. The second-order valence-corrected chi connectivity index (χ2v) is 2.80. The number of rotatable bonds is 0. The number of urea groups is 1. The van der Waals surface area contributed by atoms with E-state index in [2.05, 4.69) is 24.9 Å². The summed E-state index contributed by atoms with van der Waals surface area (Å²) in [6.07, 6.45) is 1.47. The van der Waals surface area contributed by atoms with E-state index in [0.717, 1.165) is 11.8 Å². The highest BCUT2D eigenvalue weighted by Gasteiger charge is 2.26. The lowest BCUT2D eigenvalue weighted by molar-refractivity contribution is 0.251. The van der Waals surface area contributed by atoms with Crippen molar-refractivity contribution in [3.8, 4) is 0 Å². The number of carbonyl (C=O) groups excluding carboxylic acids is 1. The van der Waals surface area contributed by atoms with Crippen molar-refractivity contribution in [2.24, 2.45) is 17.6 Å². The fourth-order valence-corrected chi connectivity index (χ4v) is 0.508. The first-order valence-corrected chi connectivity index (χ1v) is 3.55. The molecule has 0 saturated heterocycles. The van der Waals surface area contributed by atoms with Crippen LogP contribution in [-0.4, -0.2) is 13.1 Å². The highest BCUT2D eigenvalue weighted by atomic mass is 16.2. The number of primary amides is 1. The predicted molar refractivity (Wildman–Crippen MR) is 41.6 cm³/mol. The predicted octanol–water partition coefficient (Wildman–Crippen LogP) is 0.947. The van der Waals surface area contributed by atoms with Crippen LogP contribution in [0.4, 0.5) is 4.79 Å². The first-order valence-electron chi connectivity index (χ1n) is 3.55. The molecular formula is C7H16N2O. The molecule has 1 rings (SSSR count). The molecule has 3 heteroatoms. The molecule has 3 N–H and O–H groups in total. The van der Waals surface area contributed by atoms with Gasteiger partial charge in [0.15, 0.2) is 0 Å². The van der Waals surface area contributed by atoms with Gasteiger partial charge in [0, 0.05) is 7.05 Å². The summed E-state index contributed by atoms with van der Waals surface area (Å²) in [4.78, 5) is 9.48. The van der Waals surface area contributed by atoms with Gasteiger partial charge in [-0.3, -0.25) is 0 Å². The third-order valence-electron chi connectivity index (χ3n) is 1.76. The molecule has 0 spiro atoms. The first-order chi connectivity index (χ1) is 4.57. The highest BCUT2D eigenvalue weighted by Crippen LogP contribution is 2.36. The van der Waals surface area contributed by atoms with Crippen molar-refractivity contribution in [2.45, 2.75) is 20.3 Å². The Morgan fingerprint density at radius 3 is 1.70 bits per heavy atom. The number of amides is 2. The summed E-state index contributed by atoms with van der Waals surface area (Å²) in [7, 11) is 1.47. The van der Waals surface area contributed by atoms with Gasteiger partial charge < -0.3 is 11.1 Å². The zero-order valence-corrected chi connectivity index (χ0v) is 6.85. The highest BCUT2D eigenvalue weighted by molar-refractivity contribution is 5.71. The number of nitrogens with two attached hydrogens (primary N) is 1. The van der Waals surface area contributed by atoms with Crippen LogP contribution in [0.15, 0.2) is 0 Å². The zero-order chi connectivity index (χ0) is 8.15. The van der Waals surface area contributed by atoms with Crippen molar-refractivity contribution in [1.29, 1.82) is 0 Å². The Hall–Kier alpha value is -0.730. The maximum absolute atomic E-state index is 9.48. The van der Waals surface area contributed by atoms with Gasteiger partial charge >= 0.3 is 6.03 Å². The van der Waals surface area contributed by atoms with Gasteiger partial charge in [0.1, 0.15) is 0 Å². The lowest BCUT2D eigenvalue weighted by Gasteiger charge is -1.80. The monoisotopic (exact) mass is 144 g/mol. The third kappa shape index (κ3) is 5.41. The molecule has 0 aromatic heterocycles. The molecule has 0 heterocycles. The van der Waals surface area contributed by atoms with Crippen LogP contribution >= 0.6 is 0 Å². The lowest BCUT2D eigenvalue weighted by atomic mass is 10.4. The fourth-order valence-electron chi connectivity index (χ4n) is 0.508. The summed E-state index contributed by atoms with van der Waals surface area (Å²) in [6, 6.07) is -0.495. The second kappa shape index (κ2) is 4.14. The molecule has 1 aliphatic carbocycles. The van der Waals surface area contributed by atoms with Gasteiger partial charge in [-0.15, -0.1) is 0 Å². The number of hydrogen-bond acceptors (Lipinski definition) is 1. The fraction of sp³-hybridized carbons (Fsp3) is 0.857. The summed E-state index contributed by atoms with van der Waals surface area (Å²) >= 11 is 0. The second-order valence-electron chi connectivity index (χ2n) is 2.80. The minimum absolute atomic E-state index is 0.495. The van der Waals surface area contributed by atoms with Gasteiger partial charge in [-0.2, -0.15) is 0 Å². The summed E-state index contributed by atoms with van der Waals surface area (Å²) in [6.45, 7) is 4.59. The average Bonchev–Trinajstić information content (AvgIpc) is 2.47. The van der Waals surface area contributed by atoms with Crippen LogP contribution in [-0.2, 0) is 0 Å². The summed E-state index contributed by atoms with van der Waals surface area (Å²) in [5, 5.41) is 2.17. The molecule has 1 fully saturated rings. The SMILES string of the molecule is CC1CC1C.CNC(N)=O. The Bertz CT molecular complexity index is 108. The van der Waals surface area contributed by atoms with E-state index in [1.807, 2.05) is 0 Å². The van der Waals surface area contributed by atoms with Gasteiger partial charge in [0.2, 0.25) is 0 Å². The van der Waals surface area contributed by atoms with Crippen LogP contribution in [0, 0.1) is 11.8 Å². The standard InChI is InChI=1S/C5H10.C2H6N2O/c1-4-3-5(4)2;1-4-2(3)5/h4-5H,3H2,1-2H3;1H3,(H3,3,4,5). The third-order valence-corrected chi connectivity index (χ3v) is 1.76. The maximum Gasteiger partial charge on any atom is 0.311 e. The summed E-state index contributed by atoms with van der Waals surface area (Å²) in [5.41, 5.74) is 4.54. The molecule has 1 saturated carbocycles. The molecule has 0 radical (unpaired) electrons. The molecule has 1 aliphatic rings. The Labute approximate surface area is 62.0 Å². The van der Waals surface area contributed by atoms with E-state index < -0.39 is 6.03 Å². The molecule has 0 bridgehead atoms. The Kier molecular flexibility index (Phi) is 3.84. The van der Waals surface area contributed by atoms with Gasteiger partial charge in [0.25, 0.3) is 0 Å². The molecule has 0 aliphatic heterocycles. The van der Waals surface area contributed by atoms with Crippen LogP contribution in [0.25, 0.3) is 0 Å². The molecule has 2 amide bonds. The average molecular weight is 144 g/mol. The van der Waals surface area contributed by atoms with Crippen molar-refractivity contribution in [3.05, 3.63) is 0 Å². The Balaban J connectivity index is 0.000000162. The number of hydrogen-bond donors (Lipinski definition) is 2. The molecule has 3 nitrogen and oxygen atoms in total. The first kappa shape index (κ1) is 9.27. The molecule has 2 unspecified atom stereocenters.